The van der Waals surface area contributed by atoms with Crippen LogP contribution in [0, 0.1) is 5.92 Å². The van der Waals surface area contributed by atoms with Crippen LogP contribution in [0.3, 0.4) is 0 Å². The summed E-state index contributed by atoms with van der Waals surface area (Å²) in [5.74, 6) is 0.0952. The molecule has 224 valence electrons. The third-order valence-electron chi connectivity index (χ3n) is 6.62. The molecule has 0 spiro atoms. The van der Waals surface area contributed by atoms with Gasteiger partial charge in [0, 0.05) is 25.6 Å². The van der Waals surface area contributed by atoms with Crippen LogP contribution in [0.1, 0.15) is 25.0 Å². The number of benzene rings is 3. The number of carbonyl (C=O) groups excluding carboxylic acids is 2. The van der Waals surface area contributed by atoms with Crippen LogP contribution in [-0.4, -0.2) is 57.3 Å². The summed E-state index contributed by atoms with van der Waals surface area (Å²) in [7, 11) is -3.93. The van der Waals surface area contributed by atoms with E-state index >= 15 is 0 Å². The van der Waals surface area contributed by atoms with Crippen LogP contribution < -0.4 is 19.1 Å². The average molecular weight is 635 g/mol. The topological polar surface area (TPSA) is 105 Å². The first kappa shape index (κ1) is 31.5. The Morgan fingerprint density at radius 3 is 2.31 bits per heavy atom. The van der Waals surface area contributed by atoms with Crippen LogP contribution in [0.2, 0.25) is 10.0 Å². The summed E-state index contributed by atoms with van der Waals surface area (Å²) < 4.78 is 37.7. The molecule has 42 heavy (non-hydrogen) atoms. The van der Waals surface area contributed by atoms with Crippen molar-refractivity contribution in [2.75, 3.05) is 30.4 Å². The molecule has 1 aliphatic heterocycles. The van der Waals surface area contributed by atoms with Gasteiger partial charge in [-0.05, 0) is 41.3 Å². The third-order valence-corrected chi connectivity index (χ3v) is 8.50. The van der Waals surface area contributed by atoms with Gasteiger partial charge in [0.2, 0.25) is 28.6 Å². The standard InChI is InChI=1S/C30H33Cl2N3O6S/c1-20(2)16-33-30(37)26(14-21-7-5-4-6-8-21)34(17-22-9-11-24(31)25(32)13-22)29(36)18-35(42(3,38)39)23-10-12-27-28(15-23)41-19-40-27/h4-13,15,20,26H,14,16-19H2,1-3H3,(H,33,37)/t26-/m0/s1. The minimum absolute atomic E-state index is 0.0128. The number of nitrogens with one attached hydrogen (secondary N) is 1. The monoisotopic (exact) mass is 633 g/mol. The fourth-order valence-corrected chi connectivity index (χ4v) is 5.63. The van der Waals surface area contributed by atoms with Crippen molar-refractivity contribution in [1.29, 1.82) is 0 Å². The molecule has 1 atom stereocenters. The number of anilines is 1. The molecule has 0 aromatic heterocycles. The molecule has 0 radical (unpaired) electrons. The van der Waals surface area contributed by atoms with E-state index in [0.717, 1.165) is 16.1 Å². The SMILES string of the molecule is CC(C)CNC(=O)[C@H](Cc1ccccc1)N(Cc1ccc(Cl)c(Cl)c1)C(=O)CN(c1ccc2c(c1)OCO2)S(C)(=O)=O. The molecule has 2 amide bonds. The molecule has 0 saturated heterocycles. The Morgan fingerprint density at radius 2 is 1.64 bits per heavy atom. The Balaban J connectivity index is 1.73. The maximum atomic E-state index is 14.2. The van der Waals surface area contributed by atoms with E-state index < -0.39 is 28.5 Å². The summed E-state index contributed by atoms with van der Waals surface area (Å²) in [6, 6.07) is 18.0. The minimum Gasteiger partial charge on any atom is -0.454 e. The highest BCUT2D eigenvalue weighted by molar-refractivity contribution is 7.92. The molecule has 3 aromatic carbocycles. The first-order chi connectivity index (χ1) is 19.9. The lowest BCUT2D eigenvalue weighted by atomic mass is 10.0. The number of rotatable bonds is 12. The van der Waals surface area contributed by atoms with Gasteiger partial charge in [-0.2, -0.15) is 0 Å². The van der Waals surface area contributed by atoms with E-state index in [9.17, 15) is 18.0 Å². The van der Waals surface area contributed by atoms with E-state index in [4.69, 9.17) is 32.7 Å². The zero-order valence-electron chi connectivity index (χ0n) is 23.5. The highest BCUT2D eigenvalue weighted by Gasteiger charge is 2.33. The normalized spacial score (nSPS) is 13.1. The van der Waals surface area contributed by atoms with Crippen LogP contribution in [0.5, 0.6) is 11.5 Å². The Bertz CT molecular complexity index is 1540. The lowest BCUT2D eigenvalue weighted by Gasteiger charge is -2.33. The molecule has 1 N–H and O–H groups in total. The molecule has 0 fully saturated rings. The number of halogens is 2. The molecule has 12 heteroatoms. The number of nitrogens with zero attached hydrogens (tertiary/aromatic N) is 2. The second kappa shape index (κ2) is 13.7. The molecular formula is C30H33Cl2N3O6S. The number of amides is 2. The zero-order valence-corrected chi connectivity index (χ0v) is 25.9. The molecular weight excluding hydrogens is 601 g/mol. The second-order valence-electron chi connectivity index (χ2n) is 10.4. The summed E-state index contributed by atoms with van der Waals surface area (Å²) >= 11 is 12.4. The molecule has 4 rings (SSSR count). The van der Waals surface area contributed by atoms with Gasteiger partial charge in [-0.1, -0.05) is 73.4 Å². The molecule has 1 heterocycles. The van der Waals surface area contributed by atoms with Gasteiger partial charge in [-0.3, -0.25) is 13.9 Å². The van der Waals surface area contributed by atoms with Gasteiger partial charge in [0.05, 0.1) is 22.0 Å². The molecule has 0 bridgehead atoms. The van der Waals surface area contributed by atoms with Gasteiger partial charge in [-0.25, -0.2) is 8.42 Å². The first-order valence-electron chi connectivity index (χ1n) is 13.3. The van der Waals surface area contributed by atoms with Crippen molar-refractivity contribution >= 4 is 50.7 Å². The molecule has 1 aliphatic rings. The second-order valence-corrected chi connectivity index (χ2v) is 13.1. The van der Waals surface area contributed by atoms with Crippen molar-refractivity contribution in [2.24, 2.45) is 5.92 Å². The predicted molar refractivity (Wildman–Crippen MR) is 164 cm³/mol. The van der Waals surface area contributed by atoms with Crippen LogP contribution in [0.25, 0.3) is 0 Å². The summed E-state index contributed by atoms with van der Waals surface area (Å²) in [6.45, 7) is 3.80. The lowest BCUT2D eigenvalue weighted by Crippen LogP contribution is -2.53. The predicted octanol–water partition coefficient (Wildman–Crippen LogP) is 4.90. The van der Waals surface area contributed by atoms with Crippen LogP contribution in [0.15, 0.2) is 66.7 Å². The first-order valence-corrected chi connectivity index (χ1v) is 15.9. The van der Waals surface area contributed by atoms with Crippen molar-refractivity contribution in [1.82, 2.24) is 10.2 Å². The third kappa shape index (κ3) is 8.08. The van der Waals surface area contributed by atoms with E-state index in [1.807, 2.05) is 44.2 Å². The number of carbonyl (C=O) groups is 2. The Kier molecular flexibility index (Phi) is 10.2. The largest absolute Gasteiger partial charge is 0.454 e. The van der Waals surface area contributed by atoms with Gasteiger partial charge in [0.15, 0.2) is 11.5 Å². The number of hydrogen-bond donors (Lipinski definition) is 1. The van der Waals surface area contributed by atoms with Crippen molar-refractivity contribution in [3.63, 3.8) is 0 Å². The van der Waals surface area contributed by atoms with Crippen LogP contribution >= 0.6 is 23.2 Å². The van der Waals surface area contributed by atoms with Crippen molar-refractivity contribution in [2.45, 2.75) is 32.9 Å². The molecule has 0 unspecified atom stereocenters. The van der Waals surface area contributed by atoms with Crippen molar-refractivity contribution < 1.29 is 27.5 Å². The summed E-state index contributed by atoms with van der Waals surface area (Å²) in [6.07, 6.45) is 1.23. The number of ether oxygens (including phenoxy) is 2. The van der Waals surface area contributed by atoms with E-state index in [0.29, 0.717) is 33.7 Å². The van der Waals surface area contributed by atoms with E-state index in [1.54, 1.807) is 30.3 Å². The molecule has 0 saturated carbocycles. The van der Waals surface area contributed by atoms with Crippen LogP contribution in [0.4, 0.5) is 5.69 Å². The smallest absolute Gasteiger partial charge is 0.244 e. The lowest BCUT2D eigenvalue weighted by molar-refractivity contribution is -0.140. The van der Waals surface area contributed by atoms with Crippen molar-refractivity contribution in [3.05, 3.63) is 87.9 Å². The fourth-order valence-electron chi connectivity index (χ4n) is 4.47. The summed E-state index contributed by atoms with van der Waals surface area (Å²) in [5, 5.41) is 3.59. The maximum Gasteiger partial charge on any atom is 0.244 e. The maximum absolute atomic E-state index is 14.2. The van der Waals surface area contributed by atoms with Gasteiger partial charge >= 0.3 is 0 Å². The van der Waals surface area contributed by atoms with Gasteiger partial charge in [0.25, 0.3) is 0 Å². The number of sulfonamides is 1. The highest BCUT2D eigenvalue weighted by Crippen LogP contribution is 2.36. The van der Waals surface area contributed by atoms with E-state index in [1.165, 1.54) is 11.0 Å². The quantitative estimate of drug-likeness (QED) is 0.304. The highest BCUT2D eigenvalue weighted by atomic mass is 35.5. The number of fused-ring (bicyclic) bond motifs is 1. The van der Waals surface area contributed by atoms with E-state index in [2.05, 4.69) is 5.32 Å². The minimum atomic E-state index is -3.93. The van der Waals surface area contributed by atoms with E-state index in [-0.39, 0.29) is 37.3 Å². The zero-order chi connectivity index (χ0) is 30.4. The molecule has 9 nitrogen and oxygen atoms in total. The number of hydrogen-bond acceptors (Lipinski definition) is 6. The Labute approximate surface area is 256 Å². The summed E-state index contributed by atoms with van der Waals surface area (Å²) in [5.41, 5.74) is 1.69. The van der Waals surface area contributed by atoms with Crippen LogP contribution in [-0.2, 0) is 32.6 Å². The average Bonchev–Trinajstić information content (AvgIpc) is 3.42. The van der Waals surface area contributed by atoms with Gasteiger partial charge < -0.3 is 19.7 Å². The Hall–Kier alpha value is -3.47. The Morgan fingerprint density at radius 1 is 0.929 bits per heavy atom. The van der Waals surface area contributed by atoms with Crippen molar-refractivity contribution in [3.8, 4) is 11.5 Å². The molecule has 0 aliphatic carbocycles. The fraction of sp³-hybridized carbons (Fsp3) is 0.333. The molecule has 3 aromatic rings. The summed E-state index contributed by atoms with van der Waals surface area (Å²) in [4.78, 5) is 29.2. The van der Waals surface area contributed by atoms with Gasteiger partial charge in [-0.15, -0.1) is 0 Å². The van der Waals surface area contributed by atoms with Gasteiger partial charge in [0.1, 0.15) is 12.6 Å².